The highest BCUT2D eigenvalue weighted by Gasteiger charge is 2.20. The molecule has 0 unspecified atom stereocenters. The van der Waals surface area contributed by atoms with Crippen LogP contribution in [-0.4, -0.2) is 34.7 Å². The van der Waals surface area contributed by atoms with E-state index in [1.807, 2.05) is 49.4 Å². The van der Waals surface area contributed by atoms with Crippen molar-refractivity contribution in [3.8, 4) is 11.5 Å². The highest BCUT2D eigenvalue weighted by atomic mass is 35.5. The average molecular weight is 381 g/mol. The Morgan fingerprint density at radius 2 is 1.70 bits per heavy atom. The topological polar surface area (TPSA) is 61.5 Å². The van der Waals surface area contributed by atoms with Crippen molar-refractivity contribution >= 4 is 35.0 Å². The molecule has 0 saturated carbocycles. The van der Waals surface area contributed by atoms with Gasteiger partial charge in [-0.05, 0) is 42.8 Å². The maximum Gasteiger partial charge on any atom is 0.252 e. The highest BCUT2D eigenvalue weighted by Crippen LogP contribution is 2.35. The Balaban J connectivity index is 2.03. The molecule has 2 aromatic carbocycles. The molecule has 0 atom stereocenters. The van der Waals surface area contributed by atoms with Crippen molar-refractivity contribution in [2.75, 3.05) is 14.2 Å². The molecule has 0 bridgehead atoms. The summed E-state index contributed by atoms with van der Waals surface area (Å²) in [7, 11) is 3.23. The van der Waals surface area contributed by atoms with Crippen molar-refractivity contribution < 1.29 is 9.47 Å². The van der Waals surface area contributed by atoms with E-state index in [1.165, 1.54) is 6.33 Å². The largest absolute Gasteiger partial charge is 0.493 e. The fourth-order valence-electron chi connectivity index (χ4n) is 3.05. The van der Waals surface area contributed by atoms with Crippen molar-refractivity contribution in [1.82, 2.24) is 14.8 Å². The zero-order chi connectivity index (χ0) is 19.0. The van der Waals surface area contributed by atoms with Crippen molar-refractivity contribution in [2.45, 2.75) is 6.92 Å². The Kier molecular flexibility index (Phi) is 4.41. The summed E-state index contributed by atoms with van der Waals surface area (Å²) in [5.41, 5.74) is 4.41. The van der Waals surface area contributed by atoms with Crippen LogP contribution in [0.1, 0.15) is 23.6 Å². The van der Waals surface area contributed by atoms with Crippen molar-refractivity contribution in [1.29, 1.82) is 0 Å². The smallest absolute Gasteiger partial charge is 0.252 e. The molecule has 3 aromatic rings. The van der Waals surface area contributed by atoms with Crippen LogP contribution in [-0.2, 0) is 0 Å². The normalized spacial score (nSPS) is 16.7. The number of hydrogen-bond acceptors (Lipinski definition) is 5. The van der Waals surface area contributed by atoms with Crippen LogP contribution < -0.4 is 9.47 Å². The first-order valence-electron chi connectivity index (χ1n) is 8.30. The van der Waals surface area contributed by atoms with Crippen LogP contribution in [0.3, 0.4) is 0 Å². The second-order valence-corrected chi connectivity index (χ2v) is 6.46. The Morgan fingerprint density at radius 3 is 2.41 bits per heavy atom. The SMILES string of the molecule is COc1cc2c(cc1OC)/C(c1ccc(Cl)cc1)=N\c1ncnn1/C(C)=C\2. The number of methoxy groups -OCH3 is 2. The number of hydrogen-bond donors (Lipinski definition) is 0. The fourth-order valence-corrected chi connectivity index (χ4v) is 3.18. The van der Waals surface area contributed by atoms with Gasteiger partial charge in [-0.15, -0.1) is 0 Å². The summed E-state index contributed by atoms with van der Waals surface area (Å²) < 4.78 is 12.7. The molecular weight excluding hydrogens is 364 g/mol. The van der Waals surface area contributed by atoms with Gasteiger partial charge in [-0.1, -0.05) is 23.7 Å². The third-order valence-corrected chi connectivity index (χ3v) is 4.62. The maximum atomic E-state index is 6.07. The number of allylic oxidation sites excluding steroid dienone is 1. The fraction of sp³-hybridized carbons (Fsp3) is 0.150. The Hall–Kier alpha value is -3.12. The molecule has 6 nitrogen and oxygen atoms in total. The molecule has 2 heterocycles. The van der Waals surface area contributed by atoms with Gasteiger partial charge < -0.3 is 9.47 Å². The molecule has 0 spiro atoms. The number of halogens is 1. The number of benzene rings is 2. The number of fused-ring (bicyclic) bond motifs is 2. The molecule has 7 heteroatoms. The van der Waals surface area contributed by atoms with Gasteiger partial charge in [0.1, 0.15) is 6.33 Å². The standard InChI is InChI=1S/C20H17ClN4O2/c1-12-8-14-9-17(26-2)18(27-3)10-16(14)19(13-4-6-15(21)7-5-13)24-20-22-11-23-25(12)20/h4-11H,1-3H3/b12-8-,24-19-. The highest BCUT2D eigenvalue weighted by molar-refractivity contribution is 6.30. The number of aromatic nitrogens is 3. The van der Waals surface area contributed by atoms with Gasteiger partial charge in [-0.3, -0.25) is 0 Å². The van der Waals surface area contributed by atoms with E-state index >= 15 is 0 Å². The van der Waals surface area contributed by atoms with Gasteiger partial charge in [0, 0.05) is 21.8 Å². The van der Waals surface area contributed by atoms with E-state index in [0.29, 0.717) is 22.5 Å². The van der Waals surface area contributed by atoms with E-state index in [4.69, 9.17) is 26.1 Å². The van der Waals surface area contributed by atoms with E-state index in [0.717, 1.165) is 28.1 Å². The lowest BCUT2D eigenvalue weighted by Crippen LogP contribution is -2.10. The summed E-state index contributed by atoms with van der Waals surface area (Å²) in [4.78, 5) is 9.10. The maximum absolute atomic E-state index is 6.07. The van der Waals surface area contributed by atoms with E-state index in [1.54, 1.807) is 18.9 Å². The van der Waals surface area contributed by atoms with Gasteiger partial charge >= 0.3 is 0 Å². The van der Waals surface area contributed by atoms with Crippen molar-refractivity contribution in [3.63, 3.8) is 0 Å². The number of aliphatic imine (C=N–C) groups is 1. The number of nitrogens with zero attached hydrogens (tertiary/aromatic N) is 4. The first-order chi connectivity index (χ1) is 13.1. The van der Waals surface area contributed by atoms with Gasteiger partial charge in [0.05, 0.1) is 19.9 Å². The Bertz CT molecular complexity index is 1070. The lowest BCUT2D eigenvalue weighted by Gasteiger charge is -2.18. The molecule has 4 rings (SSSR count). The van der Waals surface area contributed by atoms with Crippen LogP contribution >= 0.6 is 11.6 Å². The first kappa shape index (κ1) is 17.3. The minimum absolute atomic E-state index is 0.508. The first-order valence-corrected chi connectivity index (χ1v) is 8.68. The molecule has 0 amide bonds. The van der Waals surface area contributed by atoms with Crippen LogP contribution in [0.15, 0.2) is 47.7 Å². The summed E-state index contributed by atoms with van der Waals surface area (Å²) in [5.74, 6) is 1.79. The third-order valence-electron chi connectivity index (χ3n) is 4.37. The van der Waals surface area contributed by atoms with E-state index in [-0.39, 0.29) is 0 Å². The quantitative estimate of drug-likeness (QED) is 0.673. The zero-order valence-electron chi connectivity index (χ0n) is 15.1. The lowest BCUT2D eigenvalue weighted by atomic mass is 9.95. The Labute approximate surface area is 161 Å². The summed E-state index contributed by atoms with van der Waals surface area (Å²) in [6.45, 7) is 1.96. The van der Waals surface area contributed by atoms with Crippen molar-refractivity contribution in [3.05, 3.63) is 64.4 Å². The van der Waals surface area contributed by atoms with Crippen LogP contribution in [0.5, 0.6) is 11.5 Å². The molecule has 0 fully saturated rings. The van der Waals surface area contributed by atoms with Gasteiger partial charge in [-0.2, -0.15) is 10.1 Å². The molecule has 0 aliphatic carbocycles. The van der Waals surface area contributed by atoms with Gasteiger partial charge in [0.2, 0.25) is 0 Å². The predicted molar refractivity (Wildman–Crippen MR) is 106 cm³/mol. The summed E-state index contributed by atoms with van der Waals surface area (Å²) in [5, 5.41) is 4.95. The summed E-state index contributed by atoms with van der Waals surface area (Å²) >= 11 is 6.07. The molecule has 1 aromatic heterocycles. The second kappa shape index (κ2) is 6.89. The van der Waals surface area contributed by atoms with Crippen LogP contribution in [0.25, 0.3) is 11.8 Å². The third kappa shape index (κ3) is 3.08. The van der Waals surface area contributed by atoms with Crippen LogP contribution in [0.2, 0.25) is 5.02 Å². The van der Waals surface area contributed by atoms with E-state index in [9.17, 15) is 0 Å². The van der Waals surface area contributed by atoms with Gasteiger partial charge in [0.15, 0.2) is 11.5 Å². The van der Waals surface area contributed by atoms with Crippen molar-refractivity contribution in [2.24, 2.45) is 4.99 Å². The summed E-state index contributed by atoms with van der Waals surface area (Å²) in [6, 6.07) is 11.4. The summed E-state index contributed by atoms with van der Waals surface area (Å²) in [6.07, 6.45) is 3.52. The van der Waals surface area contributed by atoms with Crippen LogP contribution in [0, 0.1) is 0 Å². The van der Waals surface area contributed by atoms with Gasteiger partial charge in [0.25, 0.3) is 5.95 Å². The van der Waals surface area contributed by atoms with Gasteiger partial charge in [-0.25, -0.2) is 9.67 Å². The molecule has 136 valence electrons. The second-order valence-electron chi connectivity index (χ2n) is 6.02. The minimum atomic E-state index is 0.508. The molecule has 1 aliphatic rings. The molecule has 1 aliphatic heterocycles. The molecule has 27 heavy (non-hydrogen) atoms. The predicted octanol–water partition coefficient (Wildman–Crippen LogP) is 4.45. The number of ether oxygens (including phenoxy) is 2. The molecular formula is C20H17ClN4O2. The van der Waals surface area contributed by atoms with E-state index < -0.39 is 0 Å². The molecule has 0 saturated heterocycles. The van der Waals surface area contributed by atoms with E-state index in [2.05, 4.69) is 10.1 Å². The molecule has 0 N–H and O–H groups in total. The Morgan fingerprint density at radius 1 is 1.00 bits per heavy atom. The van der Waals surface area contributed by atoms with Crippen LogP contribution in [0.4, 0.5) is 5.95 Å². The average Bonchev–Trinajstić information content (AvgIpc) is 3.13. The molecule has 0 radical (unpaired) electrons. The minimum Gasteiger partial charge on any atom is -0.493 e. The number of rotatable bonds is 3. The zero-order valence-corrected chi connectivity index (χ0v) is 15.9. The monoisotopic (exact) mass is 380 g/mol. The lowest BCUT2D eigenvalue weighted by molar-refractivity contribution is 0.355.